The van der Waals surface area contributed by atoms with Gasteiger partial charge in [0, 0.05) is 22.9 Å². The SMILES string of the molecule is CCCNC(CCc1cc2cc(Cl)ccc2o1)C(C)C. The Morgan fingerprint density at radius 3 is 2.75 bits per heavy atom. The van der Waals surface area contributed by atoms with Gasteiger partial charge in [-0.1, -0.05) is 32.4 Å². The minimum atomic E-state index is 0.548. The third-order valence-electron chi connectivity index (χ3n) is 3.69. The van der Waals surface area contributed by atoms with Crippen LogP contribution in [0, 0.1) is 5.92 Å². The van der Waals surface area contributed by atoms with Gasteiger partial charge in [-0.3, -0.25) is 0 Å². The second-order valence-electron chi connectivity index (χ2n) is 5.74. The molecule has 2 nitrogen and oxygen atoms in total. The van der Waals surface area contributed by atoms with Crippen molar-refractivity contribution in [3.63, 3.8) is 0 Å². The van der Waals surface area contributed by atoms with Crippen LogP contribution in [0.5, 0.6) is 0 Å². The van der Waals surface area contributed by atoms with E-state index in [-0.39, 0.29) is 0 Å². The summed E-state index contributed by atoms with van der Waals surface area (Å²) in [5.41, 5.74) is 0.923. The van der Waals surface area contributed by atoms with Gasteiger partial charge in [-0.15, -0.1) is 0 Å². The Balaban J connectivity index is 2.00. The normalized spacial score (nSPS) is 13.2. The first-order valence-electron chi connectivity index (χ1n) is 7.51. The highest BCUT2D eigenvalue weighted by Crippen LogP contribution is 2.24. The molecule has 0 radical (unpaired) electrons. The summed E-state index contributed by atoms with van der Waals surface area (Å²) < 4.78 is 5.87. The lowest BCUT2D eigenvalue weighted by atomic mass is 9.98. The van der Waals surface area contributed by atoms with Crippen LogP contribution in [-0.4, -0.2) is 12.6 Å². The van der Waals surface area contributed by atoms with Crippen molar-refractivity contribution in [1.29, 1.82) is 0 Å². The average Bonchev–Trinajstić information content (AvgIpc) is 2.80. The smallest absolute Gasteiger partial charge is 0.134 e. The van der Waals surface area contributed by atoms with E-state index >= 15 is 0 Å². The van der Waals surface area contributed by atoms with Crippen LogP contribution in [0.3, 0.4) is 0 Å². The first kappa shape index (κ1) is 15.4. The van der Waals surface area contributed by atoms with Crippen molar-refractivity contribution in [2.24, 2.45) is 5.92 Å². The third kappa shape index (κ3) is 4.00. The Bertz CT molecular complexity index is 547. The second-order valence-corrected chi connectivity index (χ2v) is 6.17. The molecule has 0 saturated heterocycles. The molecule has 1 unspecified atom stereocenters. The van der Waals surface area contributed by atoms with Crippen LogP contribution in [0.15, 0.2) is 28.7 Å². The van der Waals surface area contributed by atoms with Crippen molar-refractivity contribution >= 4 is 22.6 Å². The molecule has 0 aliphatic heterocycles. The van der Waals surface area contributed by atoms with Gasteiger partial charge in [-0.25, -0.2) is 0 Å². The molecule has 0 aliphatic carbocycles. The van der Waals surface area contributed by atoms with Crippen LogP contribution in [0.1, 0.15) is 39.4 Å². The minimum Gasteiger partial charge on any atom is -0.461 e. The zero-order valence-corrected chi connectivity index (χ0v) is 13.3. The Morgan fingerprint density at radius 2 is 2.05 bits per heavy atom. The third-order valence-corrected chi connectivity index (χ3v) is 3.93. The Labute approximate surface area is 126 Å². The molecule has 20 heavy (non-hydrogen) atoms. The fourth-order valence-electron chi connectivity index (χ4n) is 2.49. The molecule has 2 aromatic rings. The summed E-state index contributed by atoms with van der Waals surface area (Å²) in [7, 11) is 0. The van der Waals surface area contributed by atoms with E-state index in [1.54, 1.807) is 0 Å². The molecule has 0 fully saturated rings. The largest absolute Gasteiger partial charge is 0.461 e. The first-order valence-corrected chi connectivity index (χ1v) is 7.89. The lowest BCUT2D eigenvalue weighted by Crippen LogP contribution is -2.34. The van der Waals surface area contributed by atoms with E-state index in [4.69, 9.17) is 16.0 Å². The van der Waals surface area contributed by atoms with E-state index < -0.39 is 0 Å². The van der Waals surface area contributed by atoms with Crippen molar-refractivity contribution in [3.05, 3.63) is 35.0 Å². The fraction of sp³-hybridized carbons (Fsp3) is 0.529. The molecule has 0 amide bonds. The summed E-state index contributed by atoms with van der Waals surface area (Å²) >= 11 is 6.00. The summed E-state index contributed by atoms with van der Waals surface area (Å²) in [6.45, 7) is 7.82. The molecule has 1 aromatic heterocycles. The molecule has 0 bridgehead atoms. The summed E-state index contributed by atoms with van der Waals surface area (Å²) in [6, 6.07) is 8.43. The highest BCUT2D eigenvalue weighted by atomic mass is 35.5. The van der Waals surface area contributed by atoms with Gasteiger partial charge in [0.25, 0.3) is 0 Å². The lowest BCUT2D eigenvalue weighted by molar-refractivity contribution is 0.368. The highest BCUT2D eigenvalue weighted by Gasteiger charge is 2.13. The summed E-state index contributed by atoms with van der Waals surface area (Å²) in [4.78, 5) is 0. The number of fused-ring (bicyclic) bond motifs is 1. The van der Waals surface area contributed by atoms with Gasteiger partial charge in [0.2, 0.25) is 0 Å². The monoisotopic (exact) mass is 293 g/mol. The van der Waals surface area contributed by atoms with Gasteiger partial charge in [0.05, 0.1) is 0 Å². The zero-order valence-electron chi connectivity index (χ0n) is 12.6. The molecule has 1 aromatic carbocycles. The topological polar surface area (TPSA) is 25.2 Å². The standard InChI is InChI=1S/C17H24ClNO/c1-4-9-19-16(12(2)3)7-6-15-11-13-10-14(18)5-8-17(13)20-15/h5,8,10-12,16,19H,4,6-7,9H2,1-3H3. The van der Waals surface area contributed by atoms with Crippen LogP contribution in [0.4, 0.5) is 0 Å². The fourth-order valence-corrected chi connectivity index (χ4v) is 2.67. The number of furan rings is 1. The predicted molar refractivity (Wildman–Crippen MR) is 86.5 cm³/mol. The number of hydrogen-bond donors (Lipinski definition) is 1. The quantitative estimate of drug-likeness (QED) is 0.773. The Hall–Kier alpha value is -0.990. The van der Waals surface area contributed by atoms with Crippen LogP contribution in [-0.2, 0) is 6.42 Å². The molecule has 0 saturated carbocycles. The van der Waals surface area contributed by atoms with Gasteiger partial charge in [0.15, 0.2) is 0 Å². The van der Waals surface area contributed by atoms with Crippen molar-refractivity contribution < 1.29 is 4.42 Å². The van der Waals surface area contributed by atoms with Gasteiger partial charge in [0.1, 0.15) is 11.3 Å². The second kappa shape index (κ2) is 7.14. The van der Waals surface area contributed by atoms with Crippen molar-refractivity contribution in [3.8, 4) is 0 Å². The number of halogens is 1. The van der Waals surface area contributed by atoms with E-state index in [1.165, 1.54) is 6.42 Å². The molecule has 1 heterocycles. The minimum absolute atomic E-state index is 0.548. The van der Waals surface area contributed by atoms with Crippen LogP contribution in [0.2, 0.25) is 5.02 Å². The van der Waals surface area contributed by atoms with Crippen molar-refractivity contribution in [2.75, 3.05) is 6.54 Å². The molecular formula is C17H24ClNO. The van der Waals surface area contributed by atoms with Gasteiger partial charge in [-0.05, 0) is 49.6 Å². The van der Waals surface area contributed by atoms with Crippen molar-refractivity contribution in [2.45, 2.75) is 46.1 Å². The van der Waals surface area contributed by atoms with E-state index in [0.29, 0.717) is 12.0 Å². The Kier molecular flexibility index (Phi) is 5.50. The van der Waals surface area contributed by atoms with Gasteiger partial charge < -0.3 is 9.73 Å². The maximum Gasteiger partial charge on any atom is 0.134 e. The molecule has 0 spiro atoms. The van der Waals surface area contributed by atoms with E-state index in [9.17, 15) is 0 Å². The van der Waals surface area contributed by atoms with E-state index in [2.05, 4.69) is 32.2 Å². The molecule has 0 aliphatic rings. The Morgan fingerprint density at radius 1 is 1.25 bits per heavy atom. The zero-order chi connectivity index (χ0) is 14.5. The molecule has 110 valence electrons. The van der Waals surface area contributed by atoms with E-state index in [0.717, 1.165) is 41.1 Å². The molecular weight excluding hydrogens is 270 g/mol. The average molecular weight is 294 g/mol. The maximum absolute atomic E-state index is 6.00. The number of aryl methyl sites for hydroxylation is 1. The molecule has 2 rings (SSSR count). The first-order chi connectivity index (χ1) is 9.60. The number of nitrogens with one attached hydrogen (secondary N) is 1. The summed E-state index contributed by atoms with van der Waals surface area (Å²) in [5.74, 6) is 1.69. The molecule has 1 atom stereocenters. The van der Waals surface area contributed by atoms with Gasteiger partial charge in [-0.2, -0.15) is 0 Å². The summed E-state index contributed by atoms with van der Waals surface area (Å²) in [5, 5.41) is 5.47. The van der Waals surface area contributed by atoms with Crippen LogP contribution in [0.25, 0.3) is 11.0 Å². The van der Waals surface area contributed by atoms with Crippen LogP contribution >= 0.6 is 11.6 Å². The molecule has 1 N–H and O–H groups in total. The predicted octanol–water partition coefficient (Wildman–Crippen LogP) is 5.04. The van der Waals surface area contributed by atoms with Crippen molar-refractivity contribution in [1.82, 2.24) is 5.32 Å². The number of rotatable bonds is 7. The number of benzene rings is 1. The maximum atomic E-state index is 6.00. The van der Waals surface area contributed by atoms with Gasteiger partial charge >= 0.3 is 0 Å². The lowest BCUT2D eigenvalue weighted by Gasteiger charge is -2.21. The highest BCUT2D eigenvalue weighted by molar-refractivity contribution is 6.31. The van der Waals surface area contributed by atoms with E-state index in [1.807, 2.05) is 18.2 Å². The van der Waals surface area contributed by atoms with Crippen LogP contribution < -0.4 is 5.32 Å². The summed E-state index contributed by atoms with van der Waals surface area (Å²) in [6.07, 6.45) is 3.24. The molecule has 3 heteroatoms. The number of hydrogen-bond acceptors (Lipinski definition) is 2.